The van der Waals surface area contributed by atoms with Crippen molar-refractivity contribution in [3.05, 3.63) is 84.3 Å². The van der Waals surface area contributed by atoms with Crippen LogP contribution in [-0.4, -0.2) is 32.3 Å². The number of ether oxygens (including phenoxy) is 1. The summed E-state index contributed by atoms with van der Waals surface area (Å²) in [6.45, 7) is 2.50. The molecule has 1 aromatic carbocycles. The third kappa shape index (κ3) is 4.27. The van der Waals surface area contributed by atoms with E-state index in [9.17, 15) is 4.79 Å². The summed E-state index contributed by atoms with van der Waals surface area (Å²) >= 11 is 1.47. The number of hydrogen-bond acceptors (Lipinski definition) is 8. The molecule has 0 spiro atoms. The molecule has 0 bridgehead atoms. The van der Waals surface area contributed by atoms with E-state index in [-0.39, 0.29) is 12.4 Å². The fourth-order valence-corrected chi connectivity index (χ4v) is 4.51. The summed E-state index contributed by atoms with van der Waals surface area (Å²) in [5, 5.41) is 10.4. The highest BCUT2D eigenvalue weighted by Gasteiger charge is 2.23. The second-order valence-corrected chi connectivity index (χ2v) is 8.07. The Balaban J connectivity index is 1.50. The summed E-state index contributed by atoms with van der Waals surface area (Å²) in [5.41, 5.74) is 2.26. The van der Waals surface area contributed by atoms with E-state index in [1.807, 2.05) is 53.1 Å². The van der Waals surface area contributed by atoms with Crippen LogP contribution < -0.4 is 0 Å². The van der Waals surface area contributed by atoms with Crippen LogP contribution in [0.1, 0.15) is 28.8 Å². The van der Waals surface area contributed by atoms with E-state index in [2.05, 4.69) is 15.2 Å². The van der Waals surface area contributed by atoms with E-state index < -0.39 is 5.97 Å². The molecule has 5 aromatic rings. The molecule has 0 aliphatic rings. The van der Waals surface area contributed by atoms with Gasteiger partial charge in [0, 0.05) is 34.7 Å². The molecule has 0 N–H and O–H groups in total. The van der Waals surface area contributed by atoms with Crippen molar-refractivity contribution < 1.29 is 18.4 Å². The highest BCUT2D eigenvalue weighted by molar-refractivity contribution is 7.98. The molecule has 0 aliphatic heterocycles. The van der Waals surface area contributed by atoms with Crippen molar-refractivity contribution in [2.75, 3.05) is 6.61 Å². The molecule has 33 heavy (non-hydrogen) atoms. The molecule has 9 heteroatoms. The van der Waals surface area contributed by atoms with Crippen molar-refractivity contribution in [3.8, 4) is 11.4 Å². The normalized spacial score (nSPS) is 11.2. The number of thioether (sulfide) groups is 1. The Morgan fingerprint density at radius 1 is 1.12 bits per heavy atom. The lowest BCUT2D eigenvalue weighted by molar-refractivity contribution is 0.0491. The Morgan fingerprint density at radius 3 is 2.82 bits per heavy atom. The molecule has 0 atom stereocenters. The number of benzene rings is 1. The maximum absolute atomic E-state index is 12.5. The van der Waals surface area contributed by atoms with E-state index in [4.69, 9.17) is 13.6 Å². The number of esters is 1. The van der Waals surface area contributed by atoms with E-state index in [0.29, 0.717) is 28.9 Å². The van der Waals surface area contributed by atoms with Crippen LogP contribution >= 0.6 is 11.8 Å². The van der Waals surface area contributed by atoms with Crippen LogP contribution in [0.2, 0.25) is 0 Å². The zero-order valence-electron chi connectivity index (χ0n) is 17.8. The van der Waals surface area contributed by atoms with Crippen molar-refractivity contribution in [3.63, 3.8) is 0 Å². The lowest BCUT2D eigenvalue weighted by atomic mass is 10.1. The zero-order valence-corrected chi connectivity index (χ0v) is 18.6. The second kappa shape index (κ2) is 9.33. The van der Waals surface area contributed by atoms with Crippen molar-refractivity contribution >= 4 is 28.7 Å². The molecule has 0 radical (unpaired) electrons. The summed E-state index contributed by atoms with van der Waals surface area (Å²) in [7, 11) is 0. The van der Waals surface area contributed by atoms with Gasteiger partial charge in [0.2, 0.25) is 5.76 Å². The molecule has 0 fully saturated rings. The molecule has 0 amide bonds. The first-order chi connectivity index (χ1) is 16.2. The largest absolute Gasteiger partial charge is 0.467 e. The molecule has 4 heterocycles. The Bertz CT molecular complexity index is 1380. The van der Waals surface area contributed by atoms with Crippen LogP contribution in [0, 0.1) is 0 Å². The van der Waals surface area contributed by atoms with E-state index >= 15 is 0 Å². The Labute approximate surface area is 193 Å². The van der Waals surface area contributed by atoms with Gasteiger partial charge < -0.3 is 13.6 Å². The third-order valence-electron chi connectivity index (χ3n) is 5.04. The quantitative estimate of drug-likeness (QED) is 0.230. The maximum atomic E-state index is 12.5. The number of carbonyl (C=O) groups excluding carboxylic acids is 1. The predicted molar refractivity (Wildman–Crippen MR) is 123 cm³/mol. The fraction of sp³-hybridized carbons (Fsp3) is 0.167. The molecule has 5 rings (SSSR count). The van der Waals surface area contributed by atoms with Gasteiger partial charge in [-0.05, 0) is 37.3 Å². The number of nitrogens with zero attached hydrogens (tertiary/aromatic N) is 4. The second-order valence-electron chi connectivity index (χ2n) is 7.13. The minimum atomic E-state index is -0.475. The first-order valence-electron chi connectivity index (χ1n) is 10.4. The van der Waals surface area contributed by atoms with Crippen LogP contribution in [0.15, 0.2) is 81.2 Å². The van der Waals surface area contributed by atoms with Crippen LogP contribution in [0.5, 0.6) is 0 Å². The van der Waals surface area contributed by atoms with Crippen LogP contribution in [0.25, 0.3) is 22.4 Å². The highest BCUT2D eigenvalue weighted by Crippen LogP contribution is 2.33. The number of aromatic nitrogens is 4. The predicted octanol–water partition coefficient (Wildman–Crippen LogP) is 5.20. The van der Waals surface area contributed by atoms with Crippen LogP contribution in [-0.2, 0) is 17.0 Å². The summed E-state index contributed by atoms with van der Waals surface area (Å²) in [6.07, 6.45) is 5.10. The minimum Gasteiger partial charge on any atom is -0.467 e. The molecule has 0 saturated carbocycles. The van der Waals surface area contributed by atoms with E-state index in [1.54, 1.807) is 25.6 Å². The van der Waals surface area contributed by atoms with Gasteiger partial charge in [-0.25, -0.2) is 4.79 Å². The number of carbonyl (C=O) groups is 1. The van der Waals surface area contributed by atoms with E-state index in [0.717, 1.165) is 22.3 Å². The maximum Gasteiger partial charge on any atom is 0.374 e. The molecular weight excluding hydrogens is 440 g/mol. The third-order valence-corrected chi connectivity index (χ3v) is 6.03. The number of hydrogen-bond donors (Lipinski definition) is 0. The van der Waals surface area contributed by atoms with Gasteiger partial charge in [-0.3, -0.25) is 9.55 Å². The summed E-state index contributed by atoms with van der Waals surface area (Å²) in [4.78, 5) is 16.7. The van der Waals surface area contributed by atoms with Gasteiger partial charge in [0.1, 0.15) is 11.3 Å². The zero-order chi connectivity index (χ0) is 22.6. The standard InChI is InChI=1S/C24H20N4O4S/c1-2-30-23(29)21-19(18-9-3-4-10-20(18)32-21)15-33-24-27-26-22(16-7-5-11-25-13-16)28(24)14-17-8-6-12-31-17/h3-13H,2,14-15H2,1H3. The SMILES string of the molecule is CCOC(=O)c1oc2ccccc2c1CSc1nnc(-c2cccnc2)n1Cc1ccco1. The van der Waals surface area contributed by atoms with Gasteiger partial charge in [-0.15, -0.1) is 10.2 Å². The monoisotopic (exact) mass is 460 g/mol. The van der Waals surface area contributed by atoms with Gasteiger partial charge in [0.15, 0.2) is 11.0 Å². The number of pyridine rings is 1. The minimum absolute atomic E-state index is 0.218. The Kier molecular flexibility index (Phi) is 5.95. The van der Waals surface area contributed by atoms with Gasteiger partial charge in [0.05, 0.1) is 19.4 Å². The molecule has 0 saturated heterocycles. The van der Waals surface area contributed by atoms with Gasteiger partial charge in [-0.1, -0.05) is 30.0 Å². The Morgan fingerprint density at radius 2 is 2.03 bits per heavy atom. The van der Waals surface area contributed by atoms with E-state index in [1.165, 1.54) is 11.8 Å². The summed E-state index contributed by atoms with van der Waals surface area (Å²) in [5.74, 6) is 1.66. The molecular formula is C24H20N4O4S. The summed E-state index contributed by atoms with van der Waals surface area (Å²) in [6, 6.07) is 15.1. The first-order valence-corrected chi connectivity index (χ1v) is 11.4. The molecule has 8 nitrogen and oxygen atoms in total. The van der Waals surface area contributed by atoms with Gasteiger partial charge >= 0.3 is 5.97 Å². The Hall–Kier alpha value is -3.85. The average molecular weight is 461 g/mol. The van der Waals surface area contributed by atoms with Crippen LogP contribution in [0.4, 0.5) is 0 Å². The lowest BCUT2D eigenvalue weighted by Gasteiger charge is -2.09. The fourth-order valence-electron chi connectivity index (χ4n) is 3.55. The number of rotatable bonds is 8. The van der Waals surface area contributed by atoms with Crippen molar-refractivity contribution in [1.29, 1.82) is 0 Å². The van der Waals surface area contributed by atoms with Gasteiger partial charge in [-0.2, -0.15) is 0 Å². The lowest BCUT2D eigenvalue weighted by Crippen LogP contribution is -2.06. The molecule has 4 aromatic heterocycles. The van der Waals surface area contributed by atoms with Gasteiger partial charge in [0.25, 0.3) is 0 Å². The smallest absolute Gasteiger partial charge is 0.374 e. The number of para-hydroxylation sites is 1. The van der Waals surface area contributed by atoms with Crippen LogP contribution in [0.3, 0.4) is 0 Å². The average Bonchev–Trinajstić information content (AvgIpc) is 3.58. The van der Waals surface area contributed by atoms with Crippen molar-refractivity contribution in [1.82, 2.24) is 19.7 Å². The number of furan rings is 2. The highest BCUT2D eigenvalue weighted by atomic mass is 32.2. The van der Waals surface area contributed by atoms with Crippen molar-refractivity contribution in [2.24, 2.45) is 0 Å². The topological polar surface area (TPSA) is 96.2 Å². The molecule has 0 unspecified atom stereocenters. The summed E-state index contributed by atoms with van der Waals surface area (Å²) < 4.78 is 18.6. The molecule has 166 valence electrons. The molecule has 0 aliphatic carbocycles. The first kappa shape index (κ1) is 21.0. The number of fused-ring (bicyclic) bond motifs is 1. The van der Waals surface area contributed by atoms with Crippen molar-refractivity contribution in [2.45, 2.75) is 24.4 Å².